The van der Waals surface area contributed by atoms with Crippen LogP contribution in [0.3, 0.4) is 0 Å². The monoisotopic (exact) mass is 183 g/mol. The van der Waals surface area contributed by atoms with Crippen molar-refractivity contribution in [3.05, 3.63) is 18.2 Å². The molecular formula is C9H17N3O. The van der Waals surface area contributed by atoms with Crippen LogP contribution in [0.1, 0.15) is 25.6 Å². The zero-order valence-electron chi connectivity index (χ0n) is 8.14. The highest BCUT2D eigenvalue weighted by Gasteiger charge is 2.09. The molecule has 0 fully saturated rings. The molecule has 13 heavy (non-hydrogen) atoms. The van der Waals surface area contributed by atoms with Gasteiger partial charge in [0.25, 0.3) is 0 Å². The van der Waals surface area contributed by atoms with E-state index in [1.165, 1.54) is 0 Å². The van der Waals surface area contributed by atoms with Crippen LogP contribution < -0.4 is 5.73 Å². The summed E-state index contributed by atoms with van der Waals surface area (Å²) in [7, 11) is 0. The Morgan fingerprint density at radius 1 is 1.62 bits per heavy atom. The van der Waals surface area contributed by atoms with Crippen LogP contribution in [0.2, 0.25) is 0 Å². The summed E-state index contributed by atoms with van der Waals surface area (Å²) >= 11 is 0. The fourth-order valence-corrected chi connectivity index (χ4v) is 1.28. The van der Waals surface area contributed by atoms with Gasteiger partial charge in [0.2, 0.25) is 0 Å². The molecule has 0 saturated carbocycles. The van der Waals surface area contributed by atoms with Crippen molar-refractivity contribution in [3.8, 4) is 0 Å². The molecule has 1 heterocycles. The average molecular weight is 183 g/mol. The van der Waals surface area contributed by atoms with Gasteiger partial charge in [-0.15, -0.1) is 0 Å². The predicted molar refractivity (Wildman–Crippen MR) is 51.4 cm³/mol. The number of hydrogen-bond donors (Lipinski definition) is 2. The summed E-state index contributed by atoms with van der Waals surface area (Å²) in [6.07, 6.45) is 3.14. The van der Waals surface area contributed by atoms with Crippen molar-refractivity contribution in [1.29, 1.82) is 0 Å². The predicted octanol–water partition coefficient (Wildman–Crippen LogP) is 0.326. The molecule has 1 atom stereocenters. The van der Waals surface area contributed by atoms with Gasteiger partial charge in [0.15, 0.2) is 0 Å². The van der Waals surface area contributed by atoms with Gasteiger partial charge in [-0.05, 0) is 0 Å². The van der Waals surface area contributed by atoms with Crippen LogP contribution in [0.4, 0.5) is 0 Å². The summed E-state index contributed by atoms with van der Waals surface area (Å²) in [4.78, 5) is 4.21. The molecule has 0 aromatic carbocycles. The highest BCUT2D eigenvalue weighted by atomic mass is 16.3. The van der Waals surface area contributed by atoms with E-state index in [2.05, 4.69) is 18.8 Å². The van der Waals surface area contributed by atoms with E-state index in [1.54, 1.807) is 6.20 Å². The van der Waals surface area contributed by atoms with Crippen molar-refractivity contribution in [1.82, 2.24) is 9.55 Å². The topological polar surface area (TPSA) is 64.1 Å². The maximum absolute atomic E-state index is 9.36. The van der Waals surface area contributed by atoms with Gasteiger partial charge in [0, 0.05) is 24.9 Å². The fraction of sp³-hybridized carbons (Fsp3) is 0.667. The molecule has 0 spiro atoms. The quantitative estimate of drug-likeness (QED) is 0.707. The molecule has 0 saturated heterocycles. The molecule has 0 aliphatic rings. The lowest BCUT2D eigenvalue weighted by Gasteiger charge is -2.13. The Kier molecular flexibility index (Phi) is 3.45. The van der Waals surface area contributed by atoms with Gasteiger partial charge in [-0.3, -0.25) is 0 Å². The Morgan fingerprint density at radius 3 is 2.85 bits per heavy atom. The van der Waals surface area contributed by atoms with Gasteiger partial charge < -0.3 is 15.4 Å². The van der Waals surface area contributed by atoms with E-state index in [9.17, 15) is 5.11 Å². The van der Waals surface area contributed by atoms with Crippen LogP contribution in [-0.2, 0) is 6.54 Å². The smallest absolute Gasteiger partial charge is 0.111 e. The summed E-state index contributed by atoms with van der Waals surface area (Å²) in [6.45, 7) is 4.97. The summed E-state index contributed by atoms with van der Waals surface area (Å²) in [5, 5.41) is 9.36. The van der Waals surface area contributed by atoms with Crippen LogP contribution in [-0.4, -0.2) is 27.3 Å². The number of aliphatic hydroxyl groups excluding tert-OH is 1. The molecular weight excluding hydrogens is 166 g/mol. The van der Waals surface area contributed by atoms with Gasteiger partial charge in [0.05, 0.1) is 12.6 Å². The molecule has 4 nitrogen and oxygen atoms in total. The van der Waals surface area contributed by atoms with E-state index < -0.39 is 6.10 Å². The molecule has 3 N–H and O–H groups in total. The van der Waals surface area contributed by atoms with Crippen molar-refractivity contribution < 1.29 is 5.11 Å². The van der Waals surface area contributed by atoms with E-state index in [0.29, 0.717) is 12.5 Å². The van der Waals surface area contributed by atoms with Gasteiger partial charge in [-0.2, -0.15) is 0 Å². The normalized spacial score (nSPS) is 13.6. The molecule has 74 valence electrons. The Hall–Kier alpha value is -0.870. The molecule has 0 amide bonds. The first kappa shape index (κ1) is 10.2. The van der Waals surface area contributed by atoms with Crippen molar-refractivity contribution in [2.75, 3.05) is 6.54 Å². The third kappa shape index (κ3) is 2.54. The Balaban J connectivity index is 2.70. The highest BCUT2D eigenvalue weighted by molar-refractivity contribution is 4.97. The fourth-order valence-electron chi connectivity index (χ4n) is 1.28. The molecule has 1 unspecified atom stereocenters. The SMILES string of the molecule is CC(C)c1nccn1CC(O)CN. The van der Waals surface area contributed by atoms with Gasteiger partial charge in [0.1, 0.15) is 5.82 Å². The lowest BCUT2D eigenvalue weighted by atomic mass is 10.2. The first-order chi connectivity index (χ1) is 6.15. The highest BCUT2D eigenvalue weighted by Crippen LogP contribution is 2.11. The van der Waals surface area contributed by atoms with Crippen molar-refractivity contribution >= 4 is 0 Å². The van der Waals surface area contributed by atoms with Crippen molar-refractivity contribution in [3.63, 3.8) is 0 Å². The van der Waals surface area contributed by atoms with E-state index in [0.717, 1.165) is 5.82 Å². The second-order valence-corrected chi connectivity index (χ2v) is 3.48. The number of hydrogen-bond acceptors (Lipinski definition) is 3. The number of aliphatic hydroxyl groups is 1. The Bertz CT molecular complexity index is 257. The van der Waals surface area contributed by atoms with E-state index >= 15 is 0 Å². The number of nitrogens with two attached hydrogens (primary N) is 1. The average Bonchev–Trinajstić information content (AvgIpc) is 2.52. The summed E-state index contributed by atoms with van der Waals surface area (Å²) in [5.74, 6) is 1.37. The molecule has 1 aromatic heterocycles. The first-order valence-corrected chi connectivity index (χ1v) is 4.54. The van der Waals surface area contributed by atoms with Crippen LogP contribution in [0.5, 0.6) is 0 Å². The molecule has 0 radical (unpaired) electrons. The molecule has 1 rings (SSSR count). The Morgan fingerprint density at radius 2 is 2.31 bits per heavy atom. The van der Waals surface area contributed by atoms with E-state index in [1.807, 2.05) is 10.8 Å². The summed E-state index contributed by atoms with van der Waals surface area (Å²) < 4.78 is 1.95. The third-order valence-corrected chi connectivity index (χ3v) is 1.94. The van der Waals surface area contributed by atoms with Gasteiger partial charge in [-0.1, -0.05) is 13.8 Å². The second kappa shape index (κ2) is 4.39. The molecule has 0 aliphatic carbocycles. The maximum atomic E-state index is 9.36. The summed E-state index contributed by atoms with van der Waals surface area (Å²) in [5.41, 5.74) is 5.33. The minimum atomic E-state index is -0.480. The Labute approximate surface area is 78.4 Å². The molecule has 0 bridgehead atoms. The van der Waals surface area contributed by atoms with Gasteiger partial charge in [-0.25, -0.2) is 4.98 Å². The van der Waals surface area contributed by atoms with Gasteiger partial charge >= 0.3 is 0 Å². The lowest BCUT2D eigenvalue weighted by Crippen LogP contribution is -2.25. The first-order valence-electron chi connectivity index (χ1n) is 4.54. The molecule has 4 heteroatoms. The van der Waals surface area contributed by atoms with Crippen molar-refractivity contribution in [2.24, 2.45) is 5.73 Å². The van der Waals surface area contributed by atoms with Crippen LogP contribution in [0, 0.1) is 0 Å². The third-order valence-electron chi connectivity index (χ3n) is 1.94. The van der Waals surface area contributed by atoms with Crippen LogP contribution >= 0.6 is 0 Å². The standard InChI is InChI=1S/C9H17N3O/c1-7(2)9-11-3-4-12(9)6-8(13)5-10/h3-4,7-8,13H,5-6,10H2,1-2H3. The minimum absolute atomic E-state index is 0.287. The number of aromatic nitrogens is 2. The number of nitrogens with zero attached hydrogens (tertiary/aromatic N) is 2. The van der Waals surface area contributed by atoms with E-state index in [4.69, 9.17) is 5.73 Å². The number of imidazole rings is 1. The minimum Gasteiger partial charge on any atom is -0.390 e. The number of rotatable bonds is 4. The van der Waals surface area contributed by atoms with Crippen LogP contribution in [0.15, 0.2) is 12.4 Å². The zero-order valence-corrected chi connectivity index (χ0v) is 8.14. The molecule has 0 aliphatic heterocycles. The van der Waals surface area contributed by atoms with Crippen molar-refractivity contribution in [2.45, 2.75) is 32.4 Å². The largest absolute Gasteiger partial charge is 0.390 e. The maximum Gasteiger partial charge on any atom is 0.111 e. The second-order valence-electron chi connectivity index (χ2n) is 3.48. The molecule has 1 aromatic rings. The van der Waals surface area contributed by atoms with Crippen LogP contribution in [0.25, 0.3) is 0 Å². The zero-order chi connectivity index (χ0) is 9.84. The van der Waals surface area contributed by atoms with E-state index in [-0.39, 0.29) is 6.54 Å². The lowest BCUT2D eigenvalue weighted by molar-refractivity contribution is 0.160. The summed E-state index contributed by atoms with van der Waals surface area (Å²) in [6, 6.07) is 0.